The van der Waals surface area contributed by atoms with E-state index in [2.05, 4.69) is 4.72 Å². The third-order valence-electron chi connectivity index (χ3n) is 5.22. The van der Waals surface area contributed by atoms with Crippen LogP contribution in [0.5, 0.6) is 5.75 Å². The van der Waals surface area contributed by atoms with Gasteiger partial charge in [0.2, 0.25) is 0 Å². The predicted octanol–water partition coefficient (Wildman–Crippen LogP) is 5.40. The molecule has 0 saturated heterocycles. The molecule has 0 fully saturated rings. The Hall–Kier alpha value is -2.74. The normalized spacial score (nSPS) is 13.4. The molecular weight excluding hydrogens is 471 g/mol. The first kappa shape index (κ1) is 22.5. The molecule has 6 nitrogen and oxygen atoms in total. The van der Waals surface area contributed by atoms with Gasteiger partial charge in [-0.2, -0.15) is 0 Å². The van der Waals surface area contributed by atoms with Crippen LogP contribution in [0.4, 0.5) is 11.4 Å². The number of hydrogen-bond acceptors (Lipinski definition) is 4. The van der Waals surface area contributed by atoms with Crippen molar-refractivity contribution in [3.05, 3.63) is 81.8 Å². The smallest absolute Gasteiger partial charge is 0.261 e. The second-order valence-corrected chi connectivity index (χ2v) is 9.84. The lowest BCUT2D eigenvalue weighted by Gasteiger charge is -2.30. The van der Waals surface area contributed by atoms with Gasteiger partial charge in [-0.3, -0.25) is 9.52 Å². The van der Waals surface area contributed by atoms with Crippen molar-refractivity contribution in [3.63, 3.8) is 0 Å². The van der Waals surface area contributed by atoms with Gasteiger partial charge in [0, 0.05) is 22.8 Å². The van der Waals surface area contributed by atoms with Crippen LogP contribution in [0, 0.1) is 0 Å². The summed E-state index contributed by atoms with van der Waals surface area (Å²) in [5.41, 5.74) is 2.36. The Morgan fingerprint density at radius 1 is 1.03 bits per heavy atom. The Labute approximate surface area is 196 Å². The van der Waals surface area contributed by atoms with Crippen molar-refractivity contribution in [1.82, 2.24) is 0 Å². The van der Waals surface area contributed by atoms with Gasteiger partial charge in [0.15, 0.2) is 0 Å². The average Bonchev–Trinajstić information content (AvgIpc) is 2.78. The van der Waals surface area contributed by atoms with Gasteiger partial charge in [0.05, 0.1) is 22.7 Å². The molecule has 4 rings (SSSR count). The summed E-state index contributed by atoms with van der Waals surface area (Å²) in [7, 11) is -2.36. The molecule has 0 bridgehead atoms. The SMILES string of the molecule is COc1ccc(NS(=O)(=O)c2ccc3c(c2)CCCN3C(=O)c2ccc(Cl)cc2)cc1Cl. The maximum atomic E-state index is 13.0. The summed E-state index contributed by atoms with van der Waals surface area (Å²) in [5.74, 6) is 0.304. The van der Waals surface area contributed by atoms with Gasteiger partial charge < -0.3 is 9.64 Å². The van der Waals surface area contributed by atoms with E-state index >= 15 is 0 Å². The fourth-order valence-electron chi connectivity index (χ4n) is 3.64. The Morgan fingerprint density at radius 3 is 2.47 bits per heavy atom. The first-order chi connectivity index (χ1) is 15.3. The van der Waals surface area contributed by atoms with E-state index in [4.69, 9.17) is 27.9 Å². The molecular formula is C23H20Cl2N2O4S. The molecule has 0 unspecified atom stereocenters. The third-order valence-corrected chi connectivity index (χ3v) is 7.15. The highest BCUT2D eigenvalue weighted by Crippen LogP contribution is 2.32. The lowest BCUT2D eigenvalue weighted by molar-refractivity contribution is 0.0985. The molecule has 3 aromatic rings. The van der Waals surface area contributed by atoms with Crippen LogP contribution < -0.4 is 14.4 Å². The van der Waals surface area contributed by atoms with Crippen molar-refractivity contribution in [2.75, 3.05) is 23.3 Å². The number of rotatable bonds is 5. The number of carbonyl (C=O) groups is 1. The number of amides is 1. The molecule has 166 valence electrons. The number of nitrogens with one attached hydrogen (secondary N) is 1. The van der Waals surface area contributed by atoms with Crippen molar-refractivity contribution in [2.45, 2.75) is 17.7 Å². The lowest BCUT2D eigenvalue weighted by Crippen LogP contribution is -2.35. The maximum absolute atomic E-state index is 13.0. The number of anilines is 2. The number of ether oxygens (including phenoxy) is 1. The zero-order chi connectivity index (χ0) is 22.9. The average molecular weight is 491 g/mol. The van der Waals surface area contributed by atoms with Gasteiger partial charge >= 0.3 is 0 Å². The van der Waals surface area contributed by atoms with Crippen molar-refractivity contribution in [3.8, 4) is 5.75 Å². The number of fused-ring (bicyclic) bond motifs is 1. The second kappa shape index (κ2) is 9.02. The molecule has 0 aromatic heterocycles. The van der Waals surface area contributed by atoms with Crippen molar-refractivity contribution >= 4 is 50.5 Å². The zero-order valence-corrected chi connectivity index (χ0v) is 19.5. The molecule has 1 amide bonds. The second-order valence-electron chi connectivity index (χ2n) is 7.31. The topological polar surface area (TPSA) is 75.7 Å². The van der Waals surface area contributed by atoms with E-state index in [-0.39, 0.29) is 10.8 Å². The first-order valence-electron chi connectivity index (χ1n) is 9.85. The Morgan fingerprint density at radius 2 is 1.78 bits per heavy atom. The first-order valence-corrected chi connectivity index (χ1v) is 12.1. The quantitative estimate of drug-likeness (QED) is 0.519. The van der Waals surface area contributed by atoms with Crippen LogP contribution in [-0.2, 0) is 16.4 Å². The Balaban J connectivity index is 1.61. The highest BCUT2D eigenvalue weighted by Gasteiger charge is 2.26. The molecule has 0 radical (unpaired) electrons. The number of carbonyl (C=O) groups excluding carboxylic acids is 1. The summed E-state index contributed by atoms with van der Waals surface area (Å²) in [5, 5.41) is 0.857. The molecule has 0 atom stereocenters. The standard InChI is InChI=1S/C23H20Cl2N2O4S/c1-31-22-11-8-18(14-20(22)25)26-32(29,30)19-9-10-21-16(13-19)3-2-12-27(21)23(28)15-4-6-17(24)7-5-15/h4-11,13-14,26H,2-3,12H2,1H3. The summed E-state index contributed by atoms with van der Waals surface area (Å²) < 4.78 is 33.5. The number of benzene rings is 3. The summed E-state index contributed by atoms with van der Waals surface area (Å²) in [6, 6.07) is 16.2. The van der Waals surface area contributed by atoms with Gasteiger partial charge in [0.25, 0.3) is 15.9 Å². The molecule has 0 spiro atoms. The minimum Gasteiger partial charge on any atom is -0.495 e. The summed E-state index contributed by atoms with van der Waals surface area (Å²) >= 11 is 12.0. The van der Waals surface area contributed by atoms with Gasteiger partial charge in [-0.1, -0.05) is 23.2 Å². The van der Waals surface area contributed by atoms with Gasteiger partial charge in [-0.25, -0.2) is 8.42 Å². The number of nitrogens with zero attached hydrogens (tertiary/aromatic N) is 1. The Bertz CT molecular complexity index is 1280. The summed E-state index contributed by atoms with van der Waals surface area (Å²) in [4.78, 5) is 14.8. The fourth-order valence-corrected chi connectivity index (χ4v) is 5.13. The van der Waals surface area contributed by atoms with E-state index in [0.29, 0.717) is 45.7 Å². The maximum Gasteiger partial charge on any atom is 0.261 e. The van der Waals surface area contributed by atoms with E-state index in [1.54, 1.807) is 53.4 Å². The molecule has 1 N–H and O–H groups in total. The number of methoxy groups -OCH3 is 1. The molecule has 3 aromatic carbocycles. The monoisotopic (exact) mass is 490 g/mol. The summed E-state index contributed by atoms with van der Waals surface area (Å²) in [6.07, 6.45) is 1.41. The largest absolute Gasteiger partial charge is 0.495 e. The third kappa shape index (κ3) is 4.55. The van der Waals surface area contributed by atoms with Crippen LogP contribution in [0.1, 0.15) is 22.3 Å². The van der Waals surface area contributed by atoms with Crippen LogP contribution >= 0.6 is 23.2 Å². The van der Waals surface area contributed by atoms with Gasteiger partial charge in [-0.15, -0.1) is 0 Å². The molecule has 1 aliphatic rings. The molecule has 32 heavy (non-hydrogen) atoms. The minimum absolute atomic E-state index is 0.115. The van der Waals surface area contributed by atoms with Crippen molar-refractivity contribution in [1.29, 1.82) is 0 Å². The molecule has 9 heteroatoms. The Kier molecular flexibility index (Phi) is 6.33. The number of sulfonamides is 1. The van der Waals surface area contributed by atoms with E-state index in [1.165, 1.54) is 19.2 Å². The van der Waals surface area contributed by atoms with Crippen molar-refractivity contribution < 1.29 is 17.9 Å². The van der Waals surface area contributed by atoms with Crippen molar-refractivity contribution in [2.24, 2.45) is 0 Å². The van der Waals surface area contributed by atoms with E-state index < -0.39 is 10.0 Å². The van der Waals surface area contributed by atoms with Gasteiger partial charge in [-0.05, 0) is 79.1 Å². The number of hydrogen-bond donors (Lipinski definition) is 1. The van der Waals surface area contributed by atoms with Crippen LogP contribution in [0.25, 0.3) is 0 Å². The zero-order valence-electron chi connectivity index (χ0n) is 17.1. The molecule has 0 saturated carbocycles. The van der Waals surface area contributed by atoms with E-state index in [1.807, 2.05) is 0 Å². The van der Waals surface area contributed by atoms with Crippen LogP contribution in [0.3, 0.4) is 0 Å². The van der Waals surface area contributed by atoms with E-state index in [9.17, 15) is 13.2 Å². The number of aryl methyl sites for hydroxylation is 1. The highest BCUT2D eigenvalue weighted by atomic mass is 35.5. The number of halogens is 2. The van der Waals surface area contributed by atoms with Crippen LogP contribution in [0.15, 0.2) is 65.6 Å². The summed E-state index contributed by atoms with van der Waals surface area (Å²) in [6.45, 7) is 0.559. The molecule has 1 heterocycles. The van der Waals surface area contributed by atoms with Crippen LogP contribution in [-0.4, -0.2) is 28.0 Å². The minimum atomic E-state index is -3.85. The van der Waals surface area contributed by atoms with Crippen LogP contribution in [0.2, 0.25) is 10.0 Å². The predicted molar refractivity (Wildman–Crippen MR) is 127 cm³/mol. The molecule has 1 aliphatic heterocycles. The van der Waals surface area contributed by atoms with E-state index in [0.717, 1.165) is 12.0 Å². The fraction of sp³-hybridized carbons (Fsp3) is 0.174. The lowest BCUT2D eigenvalue weighted by atomic mass is 10.0. The molecule has 0 aliphatic carbocycles. The van der Waals surface area contributed by atoms with Gasteiger partial charge in [0.1, 0.15) is 5.75 Å². The highest BCUT2D eigenvalue weighted by molar-refractivity contribution is 7.92.